The fourth-order valence-corrected chi connectivity index (χ4v) is 2.99. The maximum atomic E-state index is 12.5. The molecule has 1 heterocycles. The second kappa shape index (κ2) is 10.3. The van der Waals surface area contributed by atoms with Crippen LogP contribution in [0.5, 0.6) is 0 Å². The Bertz CT molecular complexity index is 1100. The molecule has 1 aromatic heterocycles. The lowest BCUT2D eigenvalue weighted by molar-refractivity contribution is -0.117. The number of amides is 2. The van der Waals surface area contributed by atoms with E-state index >= 15 is 0 Å². The summed E-state index contributed by atoms with van der Waals surface area (Å²) in [6.07, 6.45) is 3.25. The Balaban J connectivity index is 1.64. The van der Waals surface area contributed by atoms with E-state index < -0.39 is 17.4 Å². The predicted molar refractivity (Wildman–Crippen MR) is 121 cm³/mol. The van der Waals surface area contributed by atoms with Crippen molar-refractivity contribution in [2.75, 3.05) is 10.6 Å². The average molecular weight is 418 g/mol. The fraction of sp³-hybridized carbons (Fsp3) is 0.250. The van der Waals surface area contributed by atoms with Crippen LogP contribution in [0.3, 0.4) is 0 Å². The van der Waals surface area contributed by atoms with Crippen LogP contribution in [0.1, 0.15) is 41.4 Å². The quantitative estimate of drug-likeness (QED) is 0.582. The first-order chi connectivity index (χ1) is 14.9. The molecule has 0 aliphatic carbocycles. The standard InChI is InChI=1S/C24H26N4O3/c1-3-4-5-18-8-12-19(13-9-18)25-22(29)16-28-23(30)15-14-21(27-28)24(31)26-20-10-6-17(2)7-11-20/h6-15H,3-5,16H2,1-2H3,(H,25,29)(H,26,31). The third kappa shape index (κ3) is 6.37. The summed E-state index contributed by atoms with van der Waals surface area (Å²) in [5.74, 6) is -0.854. The van der Waals surface area contributed by atoms with Gasteiger partial charge in [-0.2, -0.15) is 5.10 Å². The Hall–Kier alpha value is -3.74. The Morgan fingerprint density at radius 1 is 0.903 bits per heavy atom. The summed E-state index contributed by atoms with van der Waals surface area (Å²) in [5.41, 5.74) is 3.14. The van der Waals surface area contributed by atoms with Gasteiger partial charge in [0.25, 0.3) is 11.5 Å². The Morgan fingerprint density at radius 3 is 2.23 bits per heavy atom. The highest BCUT2D eigenvalue weighted by molar-refractivity contribution is 6.02. The van der Waals surface area contributed by atoms with Gasteiger partial charge < -0.3 is 10.6 Å². The van der Waals surface area contributed by atoms with Crippen molar-refractivity contribution in [3.63, 3.8) is 0 Å². The number of hydrogen-bond donors (Lipinski definition) is 2. The van der Waals surface area contributed by atoms with E-state index in [0.717, 1.165) is 29.5 Å². The molecule has 0 aliphatic heterocycles. The molecule has 7 nitrogen and oxygen atoms in total. The number of aryl methyl sites for hydroxylation is 2. The van der Waals surface area contributed by atoms with Crippen LogP contribution >= 0.6 is 0 Å². The third-order valence-corrected chi connectivity index (χ3v) is 4.76. The zero-order valence-electron chi connectivity index (χ0n) is 17.7. The molecule has 7 heteroatoms. The minimum atomic E-state index is -0.461. The maximum absolute atomic E-state index is 12.5. The lowest BCUT2D eigenvalue weighted by atomic mass is 10.1. The van der Waals surface area contributed by atoms with Gasteiger partial charge >= 0.3 is 0 Å². The van der Waals surface area contributed by atoms with Crippen LogP contribution in [0.15, 0.2) is 65.5 Å². The average Bonchev–Trinajstić information content (AvgIpc) is 2.76. The predicted octanol–water partition coefficient (Wildman–Crippen LogP) is 3.79. The largest absolute Gasteiger partial charge is 0.324 e. The number of hydrogen-bond acceptors (Lipinski definition) is 4. The molecule has 0 saturated heterocycles. The van der Waals surface area contributed by atoms with Crippen LogP contribution in [0.25, 0.3) is 0 Å². The number of unbranched alkanes of at least 4 members (excludes halogenated alkanes) is 1. The van der Waals surface area contributed by atoms with Gasteiger partial charge in [-0.25, -0.2) is 4.68 Å². The molecule has 0 atom stereocenters. The van der Waals surface area contributed by atoms with Gasteiger partial charge in [-0.3, -0.25) is 14.4 Å². The number of anilines is 2. The molecule has 0 radical (unpaired) electrons. The summed E-state index contributed by atoms with van der Waals surface area (Å²) in [4.78, 5) is 37.0. The van der Waals surface area contributed by atoms with Crippen molar-refractivity contribution in [3.05, 3.63) is 87.8 Å². The van der Waals surface area contributed by atoms with Crippen LogP contribution < -0.4 is 16.2 Å². The third-order valence-electron chi connectivity index (χ3n) is 4.76. The molecule has 0 bridgehead atoms. The topological polar surface area (TPSA) is 93.1 Å². The molecule has 0 spiro atoms. The molecule has 0 fully saturated rings. The number of aromatic nitrogens is 2. The van der Waals surface area contributed by atoms with Crippen molar-refractivity contribution in [2.45, 2.75) is 39.7 Å². The molecule has 160 valence electrons. The Kier molecular flexibility index (Phi) is 7.32. The summed E-state index contributed by atoms with van der Waals surface area (Å²) in [6, 6.07) is 17.5. The molecule has 0 saturated carbocycles. The number of carbonyl (C=O) groups is 2. The van der Waals surface area contributed by atoms with Gasteiger partial charge in [-0.15, -0.1) is 0 Å². The summed E-state index contributed by atoms with van der Waals surface area (Å²) >= 11 is 0. The van der Waals surface area contributed by atoms with Crippen molar-refractivity contribution < 1.29 is 9.59 Å². The van der Waals surface area contributed by atoms with E-state index in [1.165, 1.54) is 17.7 Å². The van der Waals surface area contributed by atoms with E-state index in [1.807, 2.05) is 43.3 Å². The van der Waals surface area contributed by atoms with E-state index in [-0.39, 0.29) is 12.2 Å². The molecule has 3 rings (SSSR count). The van der Waals surface area contributed by atoms with Crippen molar-refractivity contribution in [2.24, 2.45) is 0 Å². The molecule has 31 heavy (non-hydrogen) atoms. The number of nitrogens with one attached hydrogen (secondary N) is 2. The Labute approximate surface area is 181 Å². The monoisotopic (exact) mass is 418 g/mol. The van der Waals surface area contributed by atoms with Gasteiger partial charge in [0.05, 0.1) is 0 Å². The lowest BCUT2D eigenvalue weighted by Gasteiger charge is -2.09. The minimum absolute atomic E-state index is 0.0493. The molecule has 3 aromatic rings. The SMILES string of the molecule is CCCCc1ccc(NC(=O)Cn2nc(C(=O)Nc3ccc(C)cc3)ccc2=O)cc1. The van der Waals surface area contributed by atoms with Crippen molar-refractivity contribution >= 4 is 23.2 Å². The number of nitrogens with zero attached hydrogens (tertiary/aromatic N) is 2. The van der Waals surface area contributed by atoms with Crippen LogP contribution in [-0.2, 0) is 17.8 Å². The van der Waals surface area contributed by atoms with E-state index in [4.69, 9.17) is 0 Å². The van der Waals surface area contributed by atoms with Crippen LogP contribution in [0.2, 0.25) is 0 Å². The summed E-state index contributed by atoms with van der Waals surface area (Å²) < 4.78 is 0.981. The highest BCUT2D eigenvalue weighted by Crippen LogP contribution is 2.12. The molecular formula is C24H26N4O3. The Morgan fingerprint density at radius 2 is 1.55 bits per heavy atom. The smallest absolute Gasteiger partial charge is 0.276 e. The molecule has 0 unspecified atom stereocenters. The summed E-state index contributed by atoms with van der Waals surface area (Å²) in [5, 5.41) is 9.53. The fourth-order valence-electron chi connectivity index (χ4n) is 2.99. The number of carbonyl (C=O) groups excluding carboxylic acids is 2. The van der Waals surface area contributed by atoms with E-state index in [9.17, 15) is 14.4 Å². The first-order valence-electron chi connectivity index (χ1n) is 10.3. The molecular weight excluding hydrogens is 392 g/mol. The van der Waals surface area contributed by atoms with Crippen LogP contribution in [0.4, 0.5) is 11.4 Å². The van der Waals surface area contributed by atoms with Crippen molar-refractivity contribution in [3.8, 4) is 0 Å². The molecule has 0 aliphatic rings. The van der Waals surface area contributed by atoms with Crippen LogP contribution in [0, 0.1) is 6.92 Å². The first kappa shape index (κ1) is 22.0. The maximum Gasteiger partial charge on any atom is 0.276 e. The summed E-state index contributed by atoms with van der Waals surface area (Å²) in [6.45, 7) is 3.81. The zero-order valence-corrected chi connectivity index (χ0v) is 17.7. The highest BCUT2D eigenvalue weighted by atomic mass is 16.2. The van der Waals surface area contributed by atoms with Gasteiger partial charge in [0.15, 0.2) is 0 Å². The molecule has 2 amide bonds. The van der Waals surface area contributed by atoms with Gasteiger partial charge in [0.2, 0.25) is 5.91 Å². The zero-order chi connectivity index (χ0) is 22.2. The van der Waals surface area contributed by atoms with E-state index in [0.29, 0.717) is 11.4 Å². The highest BCUT2D eigenvalue weighted by Gasteiger charge is 2.12. The van der Waals surface area contributed by atoms with Crippen molar-refractivity contribution in [1.29, 1.82) is 0 Å². The summed E-state index contributed by atoms with van der Waals surface area (Å²) in [7, 11) is 0. The van der Waals surface area contributed by atoms with Gasteiger partial charge in [0, 0.05) is 17.4 Å². The van der Waals surface area contributed by atoms with Gasteiger partial charge in [0.1, 0.15) is 12.2 Å². The van der Waals surface area contributed by atoms with E-state index in [1.54, 1.807) is 12.1 Å². The van der Waals surface area contributed by atoms with E-state index in [2.05, 4.69) is 22.7 Å². The number of rotatable bonds is 8. The molecule has 2 N–H and O–H groups in total. The van der Waals surface area contributed by atoms with Gasteiger partial charge in [-0.05, 0) is 55.7 Å². The number of benzene rings is 2. The van der Waals surface area contributed by atoms with Crippen molar-refractivity contribution in [1.82, 2.24) is 9.78 Å². The van der Waals surface area contributed by atoms with Crippen LogP contribution in [-0.4, -0.2) is 21.6 Å². The first-order valence-corrected chi connectivity index (χ1v) is 10.3. The second-order valence-corrected chi connectivity index (χ2v) is 7.38. The molecule has 2 aromatic carbocycles. The lowest BCUT2D eigenvalue weighted by Crippen LogP contribution is -2.31. The minimum Gasteiger partial charge on any atom is -0.324 e. The normalized spacial score (nSPS) is 10.5. The second-order valence-electron chi connectivity index (χ2n) is 7.38. The van der Waals surface area contributed by atoms with Gasteiger partial charge in [-0.1, -0.05) is 43.2 Å².